The van der Waals surface area contributed by atoms with Gasteiger partial charge in [0.05, 0.1) is 12.0 Å². The number of hydrogen-bond donors (Lipinski definition) is 0. The fourth-order valence-electron chi connectivity index (χ4n) is 3.65. The summed E-state index contributed by atoms with van der Waals surface area (Å²) in [6.45, 7) is 0.760. The van der Waals surface area contributed by atoms with E-state index in [0.29, 0.717) is 0 Å². The highest BCUT2D eigenvalue weighted by molar-refractivity contribution is 5.99. The van der Waals surface area contributed by atoms with Gasteiger partial charge in [-0.25, -0.2) is 0 Å². The Balaban J connectivity index is 1.73. The van der Waals surface area contributed by atoms with Crippen molar-refractivity contribution >= 4 is 11.5 Å². The first kappa shape index (κ1) is 16.3. The van der Waals surface area contributed by atoms with Gasteiger partial charge in [-0.05, 0) is 29.3 Å². The summed E-state index contributed by atoms with van der Waals surface area (Å²) in [6, 6.07) is 30.9. The molecule has 2 nitrogen and oxygen atoms in total. The first-order chi connectivity index (χ1) is 12.8. The largest absolute Gasteiger partial charge is 0.360 e. The lowest BCUT2D eigenvalue weighted by Gasteiger charge is -2.34. The van der Waals surface area contributed by atoms with Gasteiger partial charge >= 0.3 is 0 Å². The molecule has 0 unspecified atom stereocenters. The first-order valence-electron chi connectivity index (χ1n) is 8.95. The van der Waals surface area contributed by atoms with Crippen LogP contribution in [0.15, 0.2) is 103 Å². The molecule has 0 spiro atoms. The van der Waals surface area contributed by atoms with Crippen molar-refractivity contribution in [1.82, 2.24) is 0 Å². The predicted molar refractivity (Wildman–Crippen MR) is 106 cm³/mol. The standard InChI is InChI=1S/C24H21NO/c26-23-17-16-22(24(23)20-12-6-2-7-13-20)25(21-14-8-3-9-15-21)18-19-10-4-1-5-11-19/h1-17,22,24H,18H2/t22-,24+/m0/s1. The lowest BCUT2D eigenvalue weighted by molar-refractivity contribution is -0.115. The monoisotopic (exact) mass is 339 g/mol. The fourth-order valence-corrected chi connectivity index (χ4v) is 3.65. The van der Waals surface area contributed by atoms with Crippen molar-refractivity contribution in [3.8, 4) is 0 Å². The van der Waals surface area contributed by atoms with Crippen LogP contribution in [0.4, 0.5) is 5.69 Å². The van der Waals surface area contributed by atoms with Crippen molar-refractivity contribution in [2.75, 3.05) is 4.90 Å². The molecule has 2 atom stereocenters. The molecule has 1 aliphatic carbocycles. The average molecular weight is 339 g/mol. The molecule has 0 radical (unpaired) electrons. The van der Waals surface area contributed by atoms with Gasteiger partial charge in [0.15, 0.2) is 5.78 Å². The normalized spacial score (nSPS) is 18.8. The number of para-hydroxylation sites is 1. The molecule has 3 aromatic carbocycles. The van der Waals surface area contributed by atoms with Gasteiger partial charge < -0.3 is 4.90 Å². The Kier molecular flexibility index (Phi) is 4.65. The number of benzene rings is 3. The summed E-state index contributed by atoms with van der Waals surface area (Å²) in [5, 5.41) is 0. The summed E-state index contributed by atoms with van der Waals surface area (Å²) in [4.78, 5) is 15.0. The lowest BCUT2D eigenvalue weighted by Crippen LogP contribution is -2.38. The Morgan fingerprint density at radius 3 is 1.96 bits per heavy atom. The van der Waals surface area contributed by atoms with Gasteiger partial charge in [-0.3, -0.25) is 4.79 Å². The zero-order chi connectivity index (χ0) is 17.8. The van der Waals surface area contributed by atoms with E-state index in [4.69, 9.17) is 0 Å². The Hall–Kier alpha value is -3.13. The molecule has 0 amide bonds. The highest BCUT2D eigenvalue weighted by Gasteiger charge is 2.35. The van der Waals surface area contributed by atoms with Crippen LogP contribution in [-0.4, -0.2) is 11.8 Å². The van der Waals surface area contributed by atoms with Crippen LogP contribution in [0.2, 0.25) is 0 Å². The van der Waals surface area contributed by atoms with Gasteiger partial charge in [0.2, 0.25) is 0 Å². The maximum absolute atomic E-state index is 12.7. The summed E-state index contributed by atoms with van der Waals surface area (Å²) in [7, 11) is 0. The smallest absolute Gasteiger partial charge is 0.165 e. The van der Waals surface area contributed by atoms with Crippen molar-refractivity contribution in [2.24, 2.45) is 0 Å². The van der Waals surface area contributed by atoms with E-state index in [-0.39, 0.29) is 17.7 Å². The van der Waals surface area contributed by atoms with Gasteiger partial charge in [-0.2, -0.15) is 0 Å². The van der Waals surface area contributed by atoms with E-state index in [9.17, 15) is 4.79 Å². The Morgan fingerprint density at radius 1 is 0.731 bits per heavy atom. The zero-order valence-electron chi connectivity index (χ0n) is 14.5. The first-order valence-corrected chi connectivity index (χ1v) is 8.95. The van der Waals surface area contributed by atoms with E-state index in [0.717, 1.165) is 17.8 Å². The van der Waals surface area contributed by atoms with E-state index < -0.39 is 0 Å². The van der Waals surface area contributed by atoms with Crippen LogP contribution in [-0.2, 0) is 11.3 Å². The number of ketones is 1. The fraction of sp³-hybridized carbons (Fsp3) is 0.125. The maximum atomic E-state index is 12.7. The Morgan fingerprint density at radius 2 is 1.31 bits per heavy atom. The molecule has 3 aromatic rings. The van der Waals surface area contributed by atoms with Crippen LogP contribution < -0.4 is 4.90 Å². The summed E-state index contributed by atoms with van der Waals surface area (Å²) in [5.41, 5.74) is 3.43. The quantitative estimate of drug-likeness (QED) is 0.653. The summed E-state index contributed by atoms with van der Waals surface area (Å²) in [5.74, 6) is 0.00955. The number of allylic oxidation sites excluding steroid dienone is 1. The summed E-state index contributed by atoms with van der Waals surface area (Å²) >= 11 is 0. The van der Waals surface area contributed by atoms with Gasteiger partial charge in [-0.1, -0.05) is 84.9 Å². The minimum Gasteiger partial charge on any atom is -0.360 e. The van der Waals surface area contributed by atoms with Crippen LogP contribution in [0.5, 0.6) is 0 Å². The van der Waals surface area contributed by atoms with E-state index in [1.807, 2.05) is 54.6 Å². The number of carbonyl (C=O) groups is 1. The molecule has 0 aromatic heterocycles. The van der Waals surface area contributed by atoms with Crippen molar-refractivity contribution in [3.63, 3.8) is 0 Å². The van der Waals surface area contributed by atoms with Crippen LogP contribution in [0, 0.1) is 0 Å². The van der Waals surface area contributed by atoms with Crippen LogP contribution in [0.1, 0.15) is 17.0 Å². The lowest BCUT2D eigenvalue weighted by atomic mass is 9.91. The topological polar surface area (TPSA) is 20.3 Å². The van der Waals surface area contributed by atoms with Gasteiger partial charge in [-0.15, -0.1) is 0 Å². The third kappa shape index (κ3) is 3.31. The molecule has 0 bridgehead atoms. The molecule has 4 rings (SSSR count). The number of nitrogens with zero attached hydrogens (tertiary/aromatic N) is 1. The van der Waals surface area contributed by atoms with Crippen molar-refractivity contribution in [1.29, 1.82) is 0 Å². The number of carbonyl (C=O) groups excluding carboxylic acids is 1. The predicted octanol–water partition coefficient (Wildman–Crippen LogP) is 4.98. The second-order valence-corrected chi connectivity index (χ2v) is 6.59. The Bertz CT molecular complexity index is 887. The van der Waals surface area contributed by atoms with Crippen LogP contribution in [0.25, 0.3) is 0 Å². The molecule has 2 heteroatoms. The van der Waals surface area contributed by atoms with E-state index in [1.54, 1.807) is 6.08 Å². The van der Waals surface area contributed by atoms with Gasteiger partial charge in [0, 0.05) is 12.2 Å². The molecule has 0 saturated carbocycles. The number of hydrogen-bond acceptors (Lipinski definition) is 2. The maximum Gasteiger partial charge on any atom is 0.165 e. The minimum atomic E-state index is -0.167. The van der Waals surface area contributed by atoms with Crippen molar-refractivity contribution in [3.05, 3.63) is 114 Å². The zero-order valence-corrected chi connectivity index (χ0v) is 14.5. The molecular weight excluding hydrogens is 318 g/mol. The van der Waals surface area contributed by atoms with E-state index in [2.05, 4.69) is 47.4 Å². The SMILES string of the molecule is O=C1C=C[C@H](N(Cc2ccccc2)c2ccccc2)[C@H]1c1ccccc1. The minimum absolute atomic E-state index is 0.00695. The van der Waals surface area contributed by atoms with Crippen LogP contribution >= 0.6 is 0 Å². The van der Waals surface area contributed by atoms with E-state index >= 15 is 0 Å². The van der Waals surface area contributed by atoms with E-state index in [1.165, 1.54) is 5.56 Å². The number of rotatable bonds is 5. The second kappa shape index (κ2) is 7.40. The Labute approximate surface area is 154 Å². The molecule has 0 aliphatic heterocycles. The summed E-state index contributed by atoms with van der Waals surface area (Å²) < 4.78 is 0. The third-order valence-corrected chi connectivity index (χ3v) is 4.91. The molecule has 26 heavy (non-hydrogen) atoms. The van der Waals surface area contributed by atoms with Crippen LogP contribution in [0.3, 0.4) is 0 Å². The highest BCUT2D eigenvalue weighted by Crippen LogP contribution is 2.34. The molecule has 0 heterocycles. The molecule has 0 N–H and O–H groups in total. The molecule has 128 valence electrons. The molecule has 0 saturated heterocycles. The summed E-state index contributed by atoms with van der Waals surface area (Å²) in [6.07, 6.45) is 3.79. The molecule has 1 aliphatic rings. The molecule has 0 fully saturated rings. The van der Waals surface area contributed by atoms with Crippen molar-refractivity contribution in [2.45, 2.75) is 18.5 Å². The van der Waals surface area contributed by atoms with Gasteiger partial charge in [0.25, 0.3) is 0 Å². The highest BCUT2D eigenvalue weighted by atomic mass is 16.1. The second-order valence-electron chi connectivity index (χ2n) is 6.59. The number of anilines is 1. The molecular formula is C24H21NO. The van der Waals surface area contributed by atoms with Gasteiger partial charge in [0.1, 0.15) is 0 Å². The third-order valence-electron chi connectivity index (χ3n) is 4.91. The average Bonchev–Trinajstić information content (AvgIpc) is 3.09. The van der Waals surface area contributed by atoms with Crippen molar-refractivity contribution < 1.29 is 4.79 Å².